The smallest absolute Gasteiger partial charge is 0.226 e. The van der Waals surface area contributed by atoms with Crippen molar-refractivity contribution in [3.05, 3.63) is 47.6 Å². The molecule has 4 rings (SSSR count). The lowest BCUT2D eigenvalue weighted by Gasteiger charge is -2.05. The summed E-state index contributed by atoms with van der Waals surface area (Å²) in [7, 11) is 0. The fourth-order valence-electron chi connectivity index (χ4n) is 2.69. The van der Waals surface area contributed by atoms with E-state index < -0.39 is 0 Å². The van der Waals surface area contributed by atoms with E-state index in [1.807, 2.05) is 12.1 Å². The van der Waals surface area contributed by atoms with E-state index in [2.05, 4.69) is 45.7 Å². The van der Waals surface area contributed by atoms with E-state index in [1.54, 1.807) is 18.0 Å². The van der Waals surface area contributed by atoms with Crippen LogP contribution in [0.4, 0.5) is 0 Å². The van der Waals surface area contributed by atoms with E-state index in [-0.39, 0.29) is 0 Å². The van der Waals surface area contributed by atoms with Gasteiger partial charge in [0.2, 0.25) is 5.89 Å². The second kappa shape index (κ2) is 6.43. The van der Waals surface area contributed by atoms with E-state index in [4.69, 9.17) is 4.42 Å². The summed E-state index contributed by atoms with van der Waals surface area (Å²) in [5.41, 5.74) is 3.16. The molecule has 1 aliphatic rings. The number of nitrogens with zero attached hydrogens (tertiary/aromatic N) is 4. The van der Waals surface area contributed by atoms with Crippen LogP contribution < -0.4 is 0 Å². The van der Waals surface area contributed by atoms with Crippen LogP contribution in [0.15, 0.2) is 40.1 Å². The van der Waals surface area contributed by atoms with Crippen LogP contribution in [0.3, 0.4) is 0 Å². The minimum atomic E-state index is 0.618. The maximum atomic E-state index is 5.62. The highest BCUT2D eigenvalue weighted by atomic mass is 32.2. The van der Waals surface area contributed by atoms with E-state index >= 15 is 0 Å². The number of hydrogen-bond donors (Lipinski definition) is 0. The summed E-state index contributed by atoms with van der Waals surface area (Å²) < 4.78 is 7.85. The second-order valence-corrected chi connectivity index (χ2v) is 7.10. The van der Waals surface area contributed by atoms with Crippen molar-refractivity contribution in [3.63, 3.8) is 0 Å². The second-order valence-electron chi connectivity index (χ2n) is 6.16. The zero-order chi connectivity index (χ0) is 16.5. The molecule has 0 aliphatic heterocycles. The molecule has 2 heterocycles. The van der Waals surface area contributed by atoms with Gasteiger partial charge in [0.25, 0.3) is 0 Å². The quantitative estimate of drug-likeness (QED) is 0.621. The molecule has 0 amide bonds. The molecule has 0 atom stereocenters. The molecule has 0 bridgehead atoms. The van der Waals surface area contributed by atoms with Gasteiger partial charge < -0.3 is 8.98 Å². The Labute approximate surface area is 145 Å². The molecule has 2 aromatic heterocycles. The van der Waals surface area contributed by atoms with Crippen LogP contribution in [0.5, 0.6) is 0 Å². The van der Waals surface area contributed by atoms with Crippen molar-refractivity contribution in [2.75, 3.05) is 0 Å². The molecule has 0 N–H and O–H groups in total. The summed E-state index contributed by atoms with van der Waals surface area (Å²) in [5.74, 6) is 3.16. The maximum Gasteiger partial charge on any atom is 0.226 e. The Hall–Kier alpha value is -2.08. The molecule has 0 saturated heterocycles. The summed E-state index contributed by atoms with van der Waals surface area (Å²) in [6, 6.07) is 8.20. The van der Waals surface area contributed by atoms with Crippen molar-refractivity contribution < 1.29 is 4.42 Å². The highest BCUT2D eigenvalue weighted by molar-refractivity contribution is 7.98. The Bertz CT molecular complexity index is 833. The van der Waals surface area contributed by atoms with Crippen LogP contribution >= 0.6 is 11.8 Å². The third kappa shape index (κ3) is 3.11. The van der Waals surface area contributed by atoms with Crippen molar-refractivity contribution >= 4 is 11.8 Å². The average molecular weight is 340 g/mol. The summed E-state index contributed by atoms with van der Waals surface area (Å²) in [6.07, 6.45) is 4.22. The molecule has 0 unspecified atom stereocenters. The lowest BCUT2D eigenvalue weighted by atomic mass is 10.1. The number of thioether (sulfide) groups is 1. The summed E-state index contributed by atoms with van der Waals surface area (Å²) in [6.45, 7) is 5.13. The van der Waals surface area contributed by atoms with Gasteiger partial charge in [-0.25, -0.2) is 4.98 Å². The van der Waals surface area contributed by atoms with Gasteiger partial charge in [0.15, 0.2) is 5.16 Å². The van der Waals surface area contributed by atoms with Gasteiger partial charge in [-0.15, -0.1) is 10.2 Å². The fourth-order valence-corrected chi connectivity index (χ4v) is 3.57. The predicted octanol–water partition coefficient (Wildman–Crippen LogP) is 4.43. The van der Waals surface area contributed by atoms with Gasteiger partial charge in [0.05, 0.1) is 5.69 Å². The standard InChI is InChI=1S/C18H20N4OS/c1-3-22-16(13-8-9-13)20-21-18(22)24-11-15-10-23-17(19-15)14-6-4-12(2)5-7-14/h4-7,10,13H,3,8-9,11H2,1-2H3. The van der Waals surface area contributed by atoms with Crippen LogP contribution in [0.2, 0.25) is 0 Å². The molecular weight excluding hydrogens is 320 g/mol. The largest absolute Gasteiger partial charge is 0.444 e. The van der Waals surface area contributed by atoms with Gasteiger partial charge in [0, 0.05) is 23.8 Å². The molecule has 24 heavy (non-hydrogen) atoms. The van der Waals surface area contributed by atoms with E-state index in [0.29, 0.717) is 11.8 Å². The average Bonchev–Trinajstić information content (AvgIpc) is 3.19. The van der Waals surface area contributed by atoms with E-state index in [9.17, 15) is 0 Å². The topological polar surface area (TPSA) is 56.7 Å². The van der Waals surface area contributed by atoms with Crippen molar-refractivity contribution in [3.8, 4) is 11.5 Å². The third-order valence-electron chi connectivity index (χ3n) is 4.20. The minimum absolute atomic E-state index is 0.618. The van der Waals surface area contributed by atoms with E-state index in [0.717, 1.165) is 34.5 Å². The third-order valence-corrected chi connectivity index (χ3v) is 5.20. The minimum Gasteiger partial charge on any atom is -0.444 e. The zero-order valence-electron chi connectivity index (χ0n) is 13.9. The van der Waals surface area contributed by atoms with Crippen molar-refractivity contribution in [1.29, 1.82) is 0 Å². The van der Waals surface area contributed by atoms with Crippen LogP contribution in [0.25, 0.3) is 11.5 Å². The first kappa shape index (κ1) is 15.4. The lowest BCUT2D eigenvalue weighted by molar-refractivity contribution is 0.573. The summed E-state index contributed by atoms with van der Waals surface area (Å²) in [5, 5.41) is 9.70. The number of rotatable bonds is 6. The fraction of sp³-hybridized carbons (Fsp3) is 0.389. The van der Waals surface area contributed by atoms with Crippen LogP contribution in [0.1, 0.15) is 42.8 Å². The molecule has 1 saturated carbocycles. The van der Waals surface area contributed by atoms with Gasteiger partial charge in [-0.1, -0.05) is 29.5 Å². The predicted molar refractivity (Wildman–Crippen MR) is 93.9 cm³/mol. The van der Waals surface area contributed by atoms with Gasteiger partial charge in [-0.2, -0.15) is 0 Å². The molecular formula is C18H20N4OS. The molecule has 1 fully saturated rings. The van der Waals surface area contributed by atoms with E-state index in [1.165, 1.54) is 18.4 Å². The molecule has 3 aromatic rings. The normalized spacial score (nSPS) is 14.2. The lowest BCUT2D eigenvalue weighted by Crippen LogP contribution is -2.02. The Morgan fingerprint density at radius 2 is 2.00 bits per heavy atom. The SMILES string of the molecule is CCn1c(SCc2coc(-c3ccc(C)cc3)n2)nnc1C1CC1. The van der Waals surface area contributed by atoms with Gasteiger partial charge >= 0.3 is 0 Å². The summed E-state index contributed by atoms with van der Waals surface area (Å²) in [4.78, 5) is 4.59. The molecule has 5 nitrogen and oxygen atoms in total. The number of benzene rings is 1. The Morgan fingerprint density at radius 3 is 2.71 bits per heavy atom. The molecule has 0 radical (unpaired) electrons. The number of oxazole rings is 1. The van der Waals surface area contributed by atoms with Gasteiger partial charge in [0.1, 0.15) is 12.1 Å². The van der Waals surface area contributed by atoms with Crippen molar-refractivity contribution in [2.45, 2.75) is 50.1 Å². The number of aromatic nitrogens is 4. The first-order valence-electron chi connectivity index (χ1n) is 8.32. The van der Waals surface area contributed by atoms with Crippen molar-refractivity contribution in [2.24, 2.45) is 0 Å². The first-order valence-corrected chi connectivity index (χ1v) is 9.30. The highest BCUT2D eigenvalue weighted by Crippen LogP contribution is 2.40. The zero-order valence-corrected chi connectivity index (χ0v) is 14.7. The first-order chi connectivity index (χ1) is 11.7. The van der Waals surface area contributed by atoms with Gasteiger partial charge in [-0.3, -0.25) is 0 Å². The Balaban J connectivity index is 1.46. The molecule has 6 heteroatoms. The molecule has 1 aromatic carbocycles. The number of aryl methyl sites for hydroxylation is 1. The molecule has 1 aliphatic carbocycles. The monoisotopic (exact) mass is 340 g/mol. The molecule has 0 spiro atoms. The van der Waals surface area contributed by atoms with Gasteiger partial charge in [-0.05, 0) is 38.8 Å². The number of hydrogen-bond acceptors (Lipinski definition) is 5. The summed E-state index contributed by atoms with van der Waals surface area (Å²) >= 11 is 1.67. The molecule has 124 valence electrons. The Morgan fingerprint density at radius 1 is 1.21 bits per heavy atom. The van der Waals surface area contributed by atoms with Crippen LogP contribution in [-0.4, -0.2) is 19.7 Å². The van der Waals surface area contributed by atoms with Crippen molar-refractivity contribution in [1.82, 2.24) is 19.7 Å². The Kier molecular flexibility index (Phi) is 4.14. The maximum absolute atomic E-state index is 5.62. The van der Waals surface area contributed by atoms with Crippen LogP contribution in [-0.2, 0) is 12.3 Å². The highest BCUT2D eigenvalue weighted by Gasteiger charge is 2.29. The van der Waals surface area contributed by atoms with Crippen LogP contribution in [0, 0.1) is 6.92 Å².